The first-order valence-corrected chi connectivity index (χ1v) is 7.77. The fourth-order valence-electron chi connectivity index (χ4n) is 2.13. The number of carbonyl (C=O) groups is 3. The number of anilines is 1. The lowest BCUT2D eigenvalue weighted by Gasteiger charge is -2.08. The van der Waals surface area contributed by atoms with Crippen LogP contribution < -0.4 is 10.6 Å². The van der Waals surface area contributed by atoms with Crippen molar-refractivity contribution in [1.82, 2.24) is 5.32 Å². The summed E-state index contributed by atoms with van der Waals surface area (Å²) >= 11 is 0. The van der Waals surface area contributed by atoms with E-state index in [1.165, 1.54) is 0 Å². The molecule has 0 aliphatic rings. The average molecular weight is 340 g/mol. The molecule has 0 heterocycles. The molecule has 0 saturated heterocycles. The molecule has 0 spiro atoms. The Kier molecular flexibility index (Phi) is 5.89. The molecule has 0 saturated carbocycles. The lowest BCUT2D eigenvalue weighted by Crippen LogP contribution is -2.21. The molecule has 0 aliphatic carbocycles. The van der Waals surface area contributed by atoms with E-state index in [1.54, 1.807) is 43.4 Å². The third-order valence-corrected chi connectivity index (χ3v) is 3.73. The Morgan fingerprint density at radius 3 is 2.16 bits per heavy atom. The highest BCUT2D eigenvalue weighted by Crippen LogP contribution is 2.12. The molecule has 2 aromatic rings. The molecule has 2 aromatic carbocycles. The molecule has 6 heteroatoms. The van der Waals surface area contributed by atoms with E-state index < -0.39 is 11.9 Å². The Balaban J connectivity index is 1.88. The van der Waals surface area contributed by atoms with Crippen molar-refractivity contribution in [3.63, 3.8) is 0 Å². The SMILES string of the molecule is CNC(=O)c1ccc(NC(=O)COC(=O)c2ccc(C)c(C)c2)cc1. The smallest absolute Gasteiger partial charge is 0.338 e. The quantitative estimate of drug-likeness (QED) is 0.819. The number of hydrogen-bond donors (Lipinski definition) is 2. The van der Waals surface area contributed by atoms with Gasteiger partial charge in [0, 0.05) is 18.3 Å². The molecule has 0 atom stereocenters. The van der Waals surface area contributed by atoms with E-state index in [1.807, 2.05) is 19.9 Å². The van der Waals surface area contributed by atoms with Crippen LogP contribution in [0, 0.1) is 13.8 Å². The van der Waals surface area contributed by atoms with Crippen LogP contribution in [0.1, 0.15) is 31.8 Å². The maximum absolute atomic E-state index is 12.0. The summed E-state index contributed by atoms with van der Waals surface area (Å²) in [5, 5.41) is 5.12. The van der Waals surface area contributed by atoms with Gasteiger partial charge >= 0.3 is 5.97 Å². The number of ether oxygens (including phenoxy) is 1. The number of carbonyl (C=O) groups excluding carboxylic acids is 3. The van der Waals surface area contributed by atoms with Crippen LogP contribution in [-0.4, -0.2) is 31.4 Å². The zero-order valence-corrected chi connectivity index (χ0v) is 14.4. The van der Waals surface area contributed by atoms with Crippen molar-refractivity contribution in [3.05, 3.63) is 64.7 Å². The summed E-state index contributed by atoms with van der Waals surface area (Å²) in [6, 6.07) is 11.6. The molecule has 0 fully saturated rings. The first kappa shape index (κ1) is 18.2. The summed E-state index contributed by atoms with van der Waals surface area (Å²) in [5.74, 6) is -1.21. The highest BCUT2D eigenvalue weighted by Gasteiger charge is 2.11. The number of esters is 1. The van der Waals surface area contributed by atoms with E-state index >= 15 is 0 Å². The monoisotopic (exact) mass is 340 g/mol. The molecule has 25 heavy (non-hydrogen) atoms. The highest BCUT2D eigenvalue weighted by atomic mass is 16.5. The van der Waals surface area contributed by atoms with Crippen molar-refractivity contribution in [1.29, 1.82) is 0 Å². The summed E-state index contributed by atoms with van der Waals surface area (Å²) in [4.78, 5) is 35.3. The van der Waals surface area contributed by atoms with E-state index in [0.717, 1.165) is 11.1 Å². The zero-order chi connectivity index (χ0) is 18.4. The molecule has 0 radical (unpaired) electrons. The molecule has 2 N–H and O–H groups in total. The first-order valence-electron chi connectivity index (χ1n) is 7.77. The first-order chi connectivity index (χ1) is 11.9. The van der Waals surface area contributed by atoms with Crippen molar-refractivity contribution in [2.45, 2.75) is 13.8 Å². The zero-order valence-electron chi connectivity index (χ0n) is 14.4. The second-order valence-electron chi connectivity index (χ2n) is 5.58. The Bertz CT molecular complexity index is 798. The molecule has 6 nitrogen and oxygen atoms in total. The van der Waals surface area contributed by atoms with Crippen molar-refractivity contribution in [2.24, 2.45) is 0 Å². The molecule has 0 aromatic heterocycles. The van der Waals surface area contributed by atoms with E-state index in [0.29, 0.717) is 16.8 Å². The standard InChI is InChI=1S/C19H20N2O4/c1-12-4-5-15(10-13(12)2)19(24)25-11-17(22)21-16-8-6-14(7-9-16)18(23)20-3/h4-10H,11H2,1-3H3,(H,20,23)(H,21,22). The van der Waals surface area contributed by atoms with Gasteiger partial charge in [-0.3, -0.25) is 9.59 Å². The summed E-state index contributed by atoms with van der Waals surface area (Å²) in [6.07, 6.45) is 0. The number of benzene rings is 2. The van der Waals surface area contributed by atoms with Gasteiger partial charge in [0.25, 0.3) is 11.8 Å². The number of hydrogen-bond acceptors (Lipinski definition) is 4. The van der Waals surface area contributed by atoms with Crippen LogP contribution in [-0.2, 0) is 9.53 Å². The van der Waals surface area contributed by atoms with Gasteiger partial charge in [0.15, 0.2) is 6.61 Å². The summed E-state index contributed by atoms with van der Waals surface area (Å²) in [6.45, 7) is 3.47. The summed E-state index contributed by atoms with van der Waals surface area (Å²) in [5.41, 5.74) is 3.47. The molecule has 2 amide bonds. The lowest BCUT2D eigenvalue weighted by atomic mass is 10.1. The van der Waals surface area contributed by atoms with Gasteiger partial charge in [-0.05, 0) is 61.4 Å². The molecule has 130 valence electrons. The molecule has 0 bridgehead atoms. The Morgan fingerprint density at radius 2 is 1.56 bits per heavy atom. The van der Waals surface area contributed by atoms with Gasteiger partial charge in [-0.15, -0.1) is 0 Å². The van der Waals surface area contributed by atoms with E-state index in [2.05, 4.69) is 10.6 Å². The van der Waals surface area contributed by atoms with Crippen LogP contribution in [0.2, 0.25) is 0 Å². The van der Waals surface area contributed by atoms with Gasteiger partial charge < -0.3 is 15.4 Å². The Labute approximate surface area is 146 Å². The Hall–Kier alpha value is -3.15. The van der Waals surface area contributed by atoms with Crippen molar-refractivity contribution in [2.75, 3.05) is 19.0 Å². The van der Waals surface area contributed by atoms with E-state index in [4.69, 9.17) is 4.74 Å². The molecule has 2 rings (SSSR count). The van der Waals surface area contributed by atoms with Gasteiger partial charge in [0.05, 0.1) is 5.56 Å². The maximum Gasteiger partial charge on any atom is 0.338 e. The summed E-state index contributed by atoms with van der Waals surface area (Å²) < 4.78 is 5.02. The highest BCUT2D eigenvalue weighted by molar-refractivity contribution is 5.97. The largest absolute Gasteiger partial charge is 0.452 e. The minimum absolute atomic E-state index is 0.208. The third-order valence-electron chi connectivity index (χ3n) is 3.73. The fourth-order valence-corrected chi connectivity index (χ4v) is 2.13. The molecular formula is C19H20N2O4. The van der Waals surface area contributed by atoms with Gasteiger partial charge in [-0.25, -0.2) is 4.79 Å². The van der Waals surface area contributed by atoms with Crippen LogP contribution >= 0.6 is 0 Å². The third kappa shape index (κ3) is 4.91. The second-order valence-corrected chi connectivity index (χ2v) is 5.58. The van der Waals surface area contributed by atoms with Gasteiger partial charge in [-0.2, -0.15) is 0 Å². The van der Waals surface area contributed by atoms with E-state index in [-0.39, 0.29) is 12.5 Å². The van der Waals surface area contributed by atoms with Crippen LogP contribution in [0.5, 0.6) is 0 Å². The molecule has 0 unspecified atom stereocenters. The van der Waals surface area contributed by atoms with Crippen LogP contribution in [0.15, 0.2) is 42.5 Å². The van der Waals surface area contributed by atoms with Crippen LogP contribution in [0.4, 0.5) is 5.69 Å². The fraction of sp³-hybridized carbons (Fsp3) is 0.211. The number of rotatable bonds is 5. The second kappa shape index (κ2) is 8.10. The predicted octanol–water partition coefficient (Wildman–Crippen LogP) is 2.46. The lowest BCUT2D eigenvalue weighted by molar-refractivity contribution is -0.119. The molecular weight excluding hydrogens is 320 g/mol. The van der Waals surface area contributed by atoms with Gasteiger partial charge in [0.1, 0.15) is 0 Å². The number of amides is 2. The normalized spacial score (nSPS) is 10.0. The van der Waals surface area contributed by atoms with Crippen LogP contribution in [0.3, 0.4) is 0 Å². The Morgan fingerprint density at radius 1 is 0.920 bits per heavy atom. The molecule has 0 aliphatic heterocycles. The van der Waals surface area contributed by atoms with Gasteiger partial charge in [-0.1, -0.05) is 6.07 Å². The maximum atomic E-state index is 12.0. The topological polar surface area (TPSA) is 84.5 Å². The van der Waals surface area contributed by atoms with E-state index in [9.17, 15) is 14.4 Å². The minimum Gasteiger partial charge on any atom is -0.452 e. The average Bonchev–Trinajstić information content (AvgIpc) is 2.62. The van der Waals surface area contributed by atoms with Crippen molar-refractivity contribution >= 4 is 23.5 Å². The van der Waals surface area contributed by atoms with Crippen LogP contribution in [0.25, 0.3) is 0 Å². The number of aryl methyl sites for hydroxylation is 2. The predicted molar refractivity (Wildman–Crippen MR) is 94.7 cm³/mol. The number of nitrogens with one attached hydrogen (secondary N) is 2. The summed E-state index contributed by atoms with van der Waals surface area (Å²) in [7, 11) is 1.54. The van der Waals surface area contributed by atoms with Crippen molar-refractivity contribution in [3.8, 4) is 0 Å². The van der Waals surface area contributed by atoms with Crippen molar-refractivity contribution < 1.29 is 19.1 Å². The minimum atomic E-state index is -0.548. The van der Waals surface area contributed by atoms with Gasteiger partial charge in [0.2, 0.25) is 0 Å².